The summed E-state index contributed by atoms with van der Waals surface area (Å²) in [6.07, 6.45) is 72.9. The molecule has 0 saturated heterocycles. The topological polar surface area (TPSA) is 237 Å². The first-order chi connectivity index (χ1) is 47.7. The van der Waals surface area contributed by atoms with Crippen molar-refractivity contribution in [2.24, 2.45) is 0 Å². The lowest BCUT2D eigenvalue weighted by Gasteiger charge is -2.21. The Balaban J connectivity index is 5.39. The van der Waals surface area contributed by atoms with Gasteiger partial charge >= 0.3 is 39.5 Å². The highest BCUT2D eigenvalue weighted by atomic mass is 31.2. The van der Waals surface area contributed by atoms with E-state index in [0.29, 0.717) is 32.1 Å². The molecule has 0 aliphatic heterocycles. The van der Waals surface area contributed by atoms with Crippen molar-refractivity contribution >= 4 is 39.5 Å². The second-order valence-electron chi connectivity index (χ2n) is 25.9. The number of hydrogen-bond acceptors (Lipinski definition) is 15. The number of carbonyl (C=O) groups excluding carboxylic acids is 4. The molecule has 5 atom stereocenters. The summed E-state index contributed by atoms with van der Waals surface area (Å²) in [5.41, 5.74) is 0. The smallest absolute Gasteiger partial charge is 0.462 e. The van der Waals surface area contributed by atoms with Crippen LogP contribution in [0.2, 0.25) is 0 Å². The fourth-order valence-corrected chi connectivity index (χ4v) is 11.9. The lowest BCUT2D eigenvalue weighted by Crippen LogP contribution is -2.30. The fraction of sp³-hybridized carbons (Fsp3) is 0.772. The van der Waals surface area contributed by atoms with Crippen LogP contribution in [-0.2, 0) is 65.4 Å². The summed E-state index contributed by atoms with van der Waals surface area (Å²) < 4.78 is 68.4. The normalized spacial score (nSPS) is 14.4. The Labute approximate surface area is 595 Å². The largest absolute Gasteiger partial charge is 0.472 e. The molecule has 0 rings (SSSR count). The monoisotopic (exact) mass is 1420 g/mol. The van der Waals surface area contributed by atoms with Gasteiger partial charge in [0.05, 0.1) is 26.4 Å². The standard InChI is InChI=1S/C79H140O17P2/c1-5-9-13-17-21-25-29-33-35-36-38-41-44-48-52-56-60-64-77(82)90-70-74(95-78(83)65-61-57-53-49-45-40-32-28-24-20-16-12-8-4)71-93-97(85,86)91-67-73(80)68-92-98(87,88)94-72-75(69-89-76(81)63-59-55-51-47-43-39-31-27-23-19-15-11-7-3)96-79(84)66-62-58-54-50-46-42-37-34-30-26-22-18-14-10-6-2/h21-22,25-27,31,33-35,37-38,41,48,52,73-75,80H,5-20,23-24,28-30,32,36,39-40,42-47,49-51,53-72H2,1-4H3,(H,85,86)(H,87,88)/b25-21-,26-22-,31-27-,35-33-,37-34-,41-38-,52-48-/t73-,74-,75-/m1/s1. The van der Waals surface area contributed by atoms with Crippen LogP contribution in [0.15, 0.2) is 85.1 Å². The van der Waals surface area contributed by atoms with Crippen LogP contribution in [0.1, 0.15) is 336 Å². The van der Waals surface area contributed by atoms with E-state index in [2.05, 4.69) is 101 Å². The third-order valence-electron chi connectivity index (χ3n) is 16.3. The number of unbranched alkanes of at least 4 members (excludes halogenated alkanes) is 33. The predicted molar refractivity (Wildman–Crippen MR) is 399 cm³/mol. The maximum Gasteiger partial charge on any atom is 0.472 e. The van der Waals surface area contributed by atoms with Crippen molar-refractivity contribution in [1.82, 2.24) is 0 Å². The molecule has 0 saturated carbocycles. The molecule has 2 unspecified atom stereocenters. The molecule has 19 heteroatoms. The SMILES string of the molecule is CCCCC/C=C\C/C=C\C/C=C\C/C=C\CCCC(=O)OC[C@H](COP(=O)(O)OC[C@@H](O)COP(=O)(O)OC[C@@H](COC(=O)CCCCCCC/C=C\CCCCCC)OC(=O)CCCCCCC/C=C\C/C=C\CCCCC)OC(=O)CCCCCCCCCCCCCCC. The van der Waals surface area contributed by atoms with Gasteiger partial charge in [0.1, 0.15) is 19.3 Å². The van der Waals surface area contributed by atoms with Crippen LogP contribution in [0.3, 0.4) is 0 Å². The van der Waals surface area contributed by atoms with Gasteiger partial charge in [0.15, 0.2) is 12.2 Å². The van der Waals surface area contributed by atoms with Crippen molar-refractivity contribution in [3.05, 3.63) is 85.1 Å². The van der Waals surface area contributed by atoms with E-state index in [-0.39, 0.29) is 25.7 Å². The van der Waals surface area contributed by atoms with Gasteiger partial charge in [-0.05, 0) is 122 Å². The summed E-state index contributed by atoms with van der Waals surface area (Å²) >= 11 is 0. The first kappa shape index (κ1) is 94.2. The number of phosphoric acid groups is 2. The summed E-state index contributed by atoms with van der Waals surface area (Å²) in [7, 11) is -9.96. The summed E-state index contributed by atoms with van der Waals surface area (Å²) in [6, 6.07) is 0. The maximum atomic E-state index is 13.1. The average molecular weight is 1420 g/mol. The summed E-state index contributed by atoms with van der Waals surface area (Å²) in [4.78, 5) is 72.8. The number of aliphatic hydroxyl groups excluding tert-OH is 1. The third kappa shape index (κ3) is 70.7. The van der Waals surface area contributed by atoms with E-state index in [1.807, 2.05) is 12.2 Å². The highest BCUT2D eigenvalue weighted by molar-refractivity contribution is 7.47. The van der Waals surface area contributed by atoms with E-state index in [9.17, 15) is 43.2 Å². The van der Waals surface area contributed by atoms with Crippen LogP contribution < -0.4 is 0 Å². The Bertz CT molecular complexity index is 2190. The number of hydrogen-bond donors (Lipinski definition) is 3. The quantitative estimate of drug-likeness (QED) is 0.0169. The molecule has 568 valence electrons. The minimum Gasteiger partial charge on any atom is -0.462 e. The lowest BCUT2D eigenvalue weighted by atomic mass is 10.0. The Morgan fingerprint density at radius 2 is 0.510 bits per heavy atom. The molecule has 0 radical (unpaired) electrons. The van der Waals surface area contributed by atoms with Crippen LogP contribution in [0.25, 0.3) is 0 Å². The first-order valence-electron chi connectivity index (χ1n) is 38.8. The molecule has 17 nitrogen and oxygen atoms in total. The molecule has 0 aromatic heterocycles. The van der Waals surface area contributed by atoms with E-state index in [1.165, 1.54) is 116 Å². The number of phosphoric ester groups is 2. The molecule has 3 N–H and O–H groups in total. The van der Waals surface area contributed by atoms with Gasteiger partial charge in [-0.3, -0.25) is 37.3 Å². The molecule has 98 heavy (non-hydrogen) atoms. The van der Waals surface area contributed by atoms with Crippen LogP contribution in [-0.4, -0.2) is 96.7 Å². The van der Waals surface area contributed by atoms with Crippen molar-refractivity contribution in [3.63, 3.8) is 0 Å². The van der Waals surface area contributed by atoms with Gasteiger partial charge in [0, 0.05) is 25.7 Å². The number of aliphatic hydroxyl groups is 1. The van der Waals surface area contributed by atoms with Gasteiger partial charge in [0.25, 0.3) is 0 Å². The summed E-state index contributed by atoms with van der Waals surface area (Å²) in [5, 5.41) is 10.6. The summed E-state index contributed by atoms with van der Waals surface area (Å²) in [5.74, 6) is -2.25. The van der Waals surface area contributed by atoms with Crippen molar-refractivity contribution in [2.45, 2.75) is 354 Å². The van der Waals surface area contributed by atoms with E-state index in [1.54, 1.807) is 0 Å². The minimum absolute atomic E-state index is 0.0780. The Hall–Kier alpha value is -3.76. The molecular formula is C79H140O17P2. The van der Waals surface area contributed by atoms with E-state index >= 15 is 0 Å². The van der Waals surface area contributed by atoms with Crippen LogP contribution in [0.5, 0.6) is 0 Å². The molecule has 0 heterocycles. The molecule has 0 bridgehead atoms. The average Bonchev–Trinajstić information content (AvgIpc) is 0.962. The Kier molecular flexibility index (Phi) is 68.9. The zero-order valence-corrected chi connectivity index (χ0v) is 63.7. The van der Waals surface area contributed by atoms with Gasteiger partial charge in [-0.15, -0.1) is 0 Å². The molecule has 0 aliphatic carbocycles. The maximum absolute atomic E-state index is 13.1. The summed E-state index contributed by atoms with van der Waals surface area (Å²) in [6.45, 7) is 4.75. The number of rotatable bonds is 73. The number of allylic oxidation sites excluding steroid dienone is 14. The molecule has 0 aromatic carbocycles. The number of esters is 4. The van der Waals surface area contributed by atoms with Crippen molar-refractivity contribution in [2.75, 3.05) is 39.6 Å². The molecule has 0 amide bonds. The fourth-order valence-electron chi connectivity index (χ4n) is 10.4. The highest BCUT2D eigenvalue weighted by Gasteiger charge is 2.30. The van der Waals surface area contributed by atoms with E-state index in [4.69, 9.17) is 37.0 Å². The lowest BCUT2D eigenvalue weighted by molar-refractivity contribution is -0.161. The van der Waals surface area contributed by atoms with Gasteiger partial charge in [-0.25, -0.2) is 9.13 Å². The number of ether oxygens (including phenoxy) is 4. The second kappa shape index (κ2) is 71.6. The second-order valence-corrected chi connectivity index (χ2v) is 28.9. The molecule has 0 aliphatic rings. The predicted octanol–water partition coefficient (Wildman–Crippen LogP) is 22.2. The van der Waals surface area contributed by atoms with E-state index in [0.717, 1.165) is 135 Å². The highest BCUT2D eigenvalue weighted by Crippen LogP contribution is 2.45. The third-order valence-corrected chi connectivity index (χ3v) is 18.2. The van der Waals surface area contributed by atoms with Crippen molar-refractivity contribution in [1.29, 1.82) is 0 Å². The van der Waals surface area contributed by atoms with Gasteiger partial charge in [-0.1, -0.05) is 273 Å². The van der Waals surface area contributed by atoms with Gasteiger partial charge < -0.3 is 33.8 Å². The van der Waals surface area contributed by atoms with Crippen molar-refractivity contribution in [3.8, 4) is 0 Å². The molecule has 0 fully saturated rings. The number of carbonyl (C=O) groups is 4. The van der Waals surface area contributed by atoms with Crippen LogP contribution in [0.4, 0.5) is 0 Å². The van der Waals surface area contributed by atoms with Crippen molar-refractivity contribution < 1.29 is 80.2 Å². The Morgan fingerprint density at radius 1 is 0.286 bits per heavy atom. The zero-order chi connectivity index (χ0) is 71.8. The first-order valence-corrected chi connectivity index (χ1v) is 41.8. The van der Waals surface area contributed by atoms with Crippen LogP contribution >= 0.6 is 15.6 Å². The molecule has 0 aromatic rings. The minimum atomic E-state index is -4.98. The van der Waals surface area contributed by atoms with Crippen LogP contribution in [0, 0.1) is 0 Å². The zero-order valence-electron chi connectivity index (χ0n) is 62.0. The molecular weight excluding hydrogens is 1280 g/mol. The van der Waals surface area contributed by atoms with Gasteiger partial charge in [-0.2, -0.15) is 0 Å². The van der Waals surface area contributed by atoms with Gasteiger partial charge in [0.2, 0.25) is 0 Å². The van der Waals surface area contributed by atoms with E-state index < -0.39 is 97.5 Å². The molecule has 0 spiro atoms. The Morgan fingerprint density at radius 3 is 0.847 bits per heavy atom.